The van der Waals surface area contributed by atoms with Crippen molar-refractivity contribution >= 4 is 11.8 Å². The Morgan fingerprint density at radius 1 is 1.25 bits per heavy atom. The van der Waals surface area contributed by atoms with Crippen LogP contribution in [0.5, 0.6) is 5.75 Å². The summed E-state index contributed by atoms with van der Waals surface area (Å²) in [7, 11) is 0. The zero-order chi connectivity index (χ0) is 17.7. The van der Waals surface area contributed by atoms with Crippen LogP contribution in [0.2, 0.25) is 0 Å². The van der Waals surface area contributed by atoms with Crippen molar-refractivity contribution in [2.24, 2.45) is 5.92 Å². The van der Waals surface area contributed by atoms with Gasteiger partial charge in [0.15, 0.2) is 0 Å². The molecule has 2 rings (SSSR count). The van der Waals surface area contributed by atoms with Crippen LogP contribution in [0.15, 0.2) is 24.3 Å². The molecule has 5 heteroatoms. The van der Waals surface area contributed by atoms with E-state index in [1.807, 2.05) is 26.0 Å². The van der Waals surface area contributed by atoms with E-state index in [2.05, 4.69) is 31.3 Å². The highest BCUT2D eigenvalue weighted by Gasteiger charge is 2.35. The third-order valence-corrected chi connectivity index (χ3v) is 4.37. The lowest BCUT2D eigenvalue weighted by atomic mass is 10.0. The fraction of sp³-hybridized carbons (Fsp3) is 0.579. The minimum atomic E-state index is -0.245. The van der Waals surface area contributed by atoms with Gasteiger partial charge in [-0.1, -0.05) is 26.0 Å². The highest BCUT2D eigenvalue weighted by Crippen LogP contribution is 2.20. The topological polar surface area (TPSA) is 58.6 Å². The van der Waals surface area contributed by atoms with Gasteiger partial charge in [0.25, 0.3) is 0 Å². The van der Waals surface area contributed by atoms with Gasteiger partial charge in [-0.25, -0.2) is 0 Å². The summed E-state index contributed by atoms with van der Waals surface area (Å²) in [6.07, 6.45) is 0.307. The van der Waals surface area contributed by atoms with E-state index in [4.69, 9.17) is 4.74 Å². The molecule has 24 heavy (non-hydrogen) atoms. The van der Waals surface area contributed by atoms with Crippen LogP contribution < -0.4 is 10.1 Å². The molecule has 1 aliphatic heterocycles. The van der Waals surface area contributed by atoms with Crippen LogP contribution in [0.1, 0.15) is 45.6 Å². The molecule has 1 N–H and O–H groups in total. The van der Waals surface area contributed by atoms with E-state index < -0.39 is 0 Å². The first-order chi connectivity index (χ1) is 11.4. The van der Waals surface area contributed by atoms with Gasteiger partial charge < -0.3 is 15.0 Å². The van der Waals surface area contributed by atoms with Crippen molar-refractivity contribution < 1.29 is 14.3 Å². The summed E-state index contributed by atoms with van der Waals surface area (Å²) in [4.78, 5) is 25.7. The Kier molecular flexibility index (Phi) is 6.23. The lowest BCUT2D eigenvalue weighted by molar-refractivity contribution is -0.129. The van der Waals surface area contributed by atoms with Gasteiger partial charge >= 0.3 is 0 Å². The van der Waals surface area contributed by atoms with E-state index in [1.54, 1.807) is 4.90 Å². The Balaban J connectivity index is 1.70. The van der Waals surface area contributed by atoms with Crippen LogP contribution in [0.25, 0.3) is 0 Å². The maximum atomic E-state index is 12.1. The summed E-state index contributed by atoms with van der Waals surface area (Å²) in [6.45, 7) is 9.62. The number of carbonyl (C=O) groups excluding carboxylic acids is 2. The summed E-state index contributed by atoms with van der Waals surface area (Å²) in [5.74, 6) is 1.05. The zero-order valence-corrected chi connectivity index (χ0v) is 15.0. The number of nitrogens with one attached hydrogen (secondary N) is 1. The monoisotopic (exact) mass is 332 g/mol. The zero-order valence-electron chi connectivity index (χ0n) is 15.0. The molecule has 1 aliphatic rings. The van der Waals surface area contributed by atoms with Crippen LogP contribution in [0, 0.1) is 5.92 Å². The van der Waals surface area contributed by atoms with Crippen molar-refractivity contribution in [3.8, 4) is 5.75 Å². The summed E-state index contributed by atoms with van der Waals surface area (Å²) in [5, 5.41) is 2.86. The quantitative estimate of drug-likeness (QED) is 0.781. The second kappa shape index (κ2) is 8.18. The minimum absolute atomic E-state index is 0.0617. The smallest absolute Gasteiger partial charge is 0.225 e. The lowest BCUT2D eigenvalue weighted by Gasteiger charge is -2.20. The molecule has 1 heterocycles. The third-order valence-electron chi connectivity index (χ3n) is 4.37. The number of nitrogens with zero attached hydrogens (tertiary/aromatic N) is 1. The molecule has 0 spiro atoms. The van der Waals surface area contributed by atoms with Crippen LogP contribution in [0.3, 0.4) is 0 Å². The summed E-state index contributed by atoms with van der Waals surface area (Å²) in [6, 6.07) is 8.17. The summed E-state index contributed by atoms with van der Waals surface area (Å²) in [5.41, 5.74) is 1.27. The Labute approximate surface area is 144 Å². The molecular formula is C19H28N2O3. The van der Waals surface area contributed by atoms with Gasteiger partial charge in [0.2, 0.25) is 11.8 Å². The number of likely N-dealkylation sites (tertiary alicyclic amines) is 1. The Morgan fingerprint density at radius 2 is 1.92 bits per heavy atom. The maximum absolute atomic E-state index is 12.1. The molecule has 0 aliphatic carbocycles. The van der Waals surface area contributed by atoms with Crippen molar-refractivity contribution in [3.63, 3.8) is 0 Å². The Hall–Kier alpha value is -2.04. The van der Waals surface area contributed by atoms with Gasteiger partial charge in [-0.2, -0.15) is 0 Å². The molecule has 1 aromatic rings. The van der Waals surface area contributed by atoms with Crippen molar-refractivity contribution in [1.29, 1.82) is 0 Å². The molecule has 1 fully saturated rings. The average Bonchev–Trinajstić information content (AvgIpc) is 2.94. The molecule has 0 saturated carbocycles. The fourth-order valence-electron chi connectivity index (χ4n) is 2.84. The molecule has 1 unspecified atom stereocenters. The largest absolute Gasteiger partial charge is 0.492 e. The highest BCUT2D eigenvalue weighted by atomic mass is 16.5. The number of hydrogen-bond acceptors (Lipinski definition) is 3. The number of hydrogen-bond donors (Lipinski definition) is 1. The number of amides is 2. The first-order valence-electron chi connectivity index (χ1n) is 8.68. The van der Waals surface area contributed by atoms with E-state index in [0.717, 1.165) is 5.75 Å². The second-order valence-corrected chi connectivity index (χ2v) is 6.90. The van der Waals surface area contributed by atoms with Crippen molar-refractivity contribution in [2.45, 2.75) is 46.1 Å². The van der Waals surface area contributed by atoms with Gasteiger partial charge in [-0.05, 0) is 37.5 Å². The first kappa shape index (κ1) is 18.3. The lowest BCUT2D eigenvalue weighted by Crippen LogP contribution is -2.36. The number of benzene rings is 1. The summed E-state index contributed by atoms with van der Waals surface area (Å²) < 4.78 is 5.64. The molecular weight excluding hydrogens is 304 g/mol. The molecule has 0 aromatic heterocycles. The van der Waals surface area contributed by atoms with Crippen LogP contribution >= 0.6 is 0 Å². The first-order valence-corrected chi connectivity index (χ1v) is 8.68. The molecule has 0 bridgehead atoms. The number of carbonyl (C=O) groups is 2. The van der Waals surface area contributed by atoms with Crippen molar-refractivity contribution in [1.82, 2.24) is 10.2 Å². The molecule has 5 nitrogen and oxygen atoms in total. The fourth-order valence-corrected chi connectivity index (χ4v) is 2.84. The van der Waals surface area contributed by atoms with E-state index in [9.17, 15) is 9.59 Å². The SMILES string of the molecule is CC(C)c1ccc(OCCNC(=O)C2CC(=O)N(C(C)C)C2)cc1. The minimum Gasteiger partial charge on any atom is -0.492 e. The molecule has 2 amide bonds. The van der Waals surface area contributed by atoms with E-state index in [-0.39, 0.29) is 23.8 Å². The molecule has 0 radical (unpaired) electrons. The predicted octanol–water partition coefficient (Wildman–Crippen LogP) is 2.56. The predicted molar refractivity (Wildman–Crippen MR) is 94.0 cm³/mol. The standard InChI is InChI=1S/C19H28N2O3/c1-13(2)15-5-7-17(8-6-15)24-10-9-20-19(23)16-11-18(22)21(12-16)14(3)4/h5-8,13-14,16H,9-12H2,1-4H3,(H,20,23). The van der Waals surface area contributed by atoms with E-state index in [1.165, 1.54) is 5.56 Å². The van der Waals surface area contributed by atoms with Crippen LogP contribution in [-0.2, 0) is 9.59 Å². The maximum Gasteiger partial charge on any atom is 0.225 e. The van der Waals surface area contributed by atoms with Gasteiger partial charge in [-0.15, -0.1) is 0 Å². The number of ether oxygens (including phenoxy) is 1. The number of rotatable bonds is 7. The van der Waals surface area contributed by atoms with Crippen molar-refractivity contribution in [3.05, 3.63) is 29.8 Å². The normalized spacial score (nSPS) is 17.7. The molecule has 1 aromatic carbocycles. The van der Waals surface area contributed by atoms with Gasteiger partial charge in [-0.3, -0.25) is 9.59 Å². The van der Waals surface area contributed by atoms with E-state index in [0.29, 0.717) is 32.0 Å². The van der Waals surface area contributed by atoms with Crippen molar-refractivity contribution in [2.75, 3.05) is 19.7 Å². The van der Waals surface area contributed by atoms with Gasteiger partial charge in [0, 0.05) is 19.0 Å². The summed E-state index contributed by atoms with van der Waals surface area (Å²) >= 11 is 0. The van der Waals surface area contributed by atoms with Gasteiger partial charge in [0.1, 0.15) is 12.4 Å². The van der Waals surface area contributed by atoms with Crippen LogP contribution in [0.4, 0.5) is 0 Å². The molecule has 1 atom stereocenters. The van der Waals surface area contributed by atoms with Crippen LogP contribution in [-0.4, -0.2) is 42.5 Å². The van der Waals surface area contributed by atoms with Gasteiger partial charge in [0.05, 0.1) is 12.5 Å². The Morgan fingerprint density at radius 3 is 2.46 bits per heavy atom. The average molecular weight is 332 g/mol. The van der Waals surface area contributed by atoms with E-state index >= 15 is 0 Å². The Bertz CT molecular complexity index is 566. The highest BCUT2D eigenvalue weighted by molar-refractivity contribution is 5.89. The molecule has 1 saturated heterocycles. The second-order valence-electron chi connectivity index (χ2n) is 6.90. The molecule has 132 valence electrons. The third kappa shape index (κ3) is 4.73.